The molecule has 0 saturated heterocycles. The maximum absolute atomic E-state index is 12.4. The van der Waals surface area contributed by atoms with E-state index in [-0.39, 0.29) is 16.4 Å². The average molecular weight is 412 g/mol. The number of carbonyl (C=O) groups excluding carboxylic acids is 1. The molecule has 0 saturated carbocycles. The first-order valence-electron chi connectivity index (χ1n) is 9.42. The summed E-state index contributed by atoms with van der Waals surface area (Å²) in [6.45, 7) is 8.76. The van der Waals surface area contributed by atoms with E-state index in [2.05, 4.69) is 37.5 Å². The number of thiophene rings is 1. The molecule has 0 fully saturated rings. The molecular formula is C22H25N3OS2. The van der Waals surface area contributed by atoms with Crippen LogP contribution in [0.25, 0.3) is 0 Å². The van der Waals surface area contributed by atoms with Gasteiger partial charge in [0.25, 0.3) is 5.91 Å². The lowest BCUT2D eigenvalue weighted by molar-refractivity contribution is 0.0977. The van der Waals surface area contributed by atoms with Gasteiger partial charge in [0, 0.05) is 10.4 Å². The number of nitrogens with zero attached hydrogens (tertiary/aromatic N) is 1. The van der Waals surface area contributed by atoms with E-state index in [1.807, 2.05) is 25.1 Å². The minimum absolute atomic E-state index is 0.217. The minimum Gasteiger partial charge on any atom is -0.323 e. The van der Waals surface area contributed by atoms with Crippen molar-refractivity contribution in [2.24, 2.45) is 11.3 Å². The van der Waals surface area contributed by atoms with Crippen molar-refractivity contribution < 1.29 is 4.79 Å². The first-order valence-corrected chi connectivity index (χ1v) is 10.6. The number of anilines is 1. The molecule has 1 amide bonds. The number of hydrogen-bond acceptors (Lipinski definition) is 4. The van der Waals surface area contributed by atoms with Gasteiger partial charge in [0.1, 0.15) is 11.1 Å². The second-order valence-electron chi connectivity index (χ2n) is 8.40. The molecule has 1 atom stereocenters. The summed E-state index contributed by atoms with van der Waals surface area (Å²) in [5.41, 5.74) is 3.63. The van der Waals surface area contributed by atoms with Crippen molar-refractivity contribution in [3.63, 3.8) is 0 Å². The molecule has 1 heterocycles. The van der Waals surface area contributed by atoms with Crippen LogP contribution in [0.2, 0.25) is 0 Å². The Hall–Kier alpha value is -2.23. The number of nitrogens with one attached hydrogen (secondary N) is 2. The van der Waals surface area contributed by atoms with Gasteiger partial charge in [-0.1, -0.05) is 38.5 Å². The maximum atomic E-state index is 12.4. The van der Waals surface area contributed by atoms with Gasteiger partial charge in [-0.3, -0.25) is 10.1 Å². The van der Waals surface area contributed by atoms with Gasteiger partial charge in [-0.05, 0) is 67.4 Å². The normalized spacial score (nSPS) is 16.0. The summed E-state index contributed by atoms with van der Waals surface area (Å²) >= 11 is 6.92. The molecule has 3 rings (SSSR count). The molecule has 0 bridgehead atoms. The highest BCUT2D eigenvalue weighted by atomic mass is 32.1. The highest BCUT2D eigenvalue weighted by molar-refractivity contribution is 7.80. The Morgan fingerprint density at radius 2 is 2.11 bits per heavy atom. The Morgan fingerprint density at radius 3 is 2.75 bits per heavy atom. The smallest absolute Gasteiger partial charge is 0.257 e. The minimum atomic E-state index is -0.256. The van der Waals surface area contributed by atoms with Crippen molar-refractivity contribution in [3.05, 3.63) is 51.4 Å². The molecule has 4 nitrogen and oxygen atoms in total. The van der Waals surface area contributed by atoms with Gasteiger partial charge < -0.3 is 5.32 Å². The van der Waals surface area contributed by atoms with Gasteiger partial charge in [0.15, 0.2) is 5.11 Å². The summed E-state index contributed by atoms with van der Waals surface area (Å²) < 4.78 is 0. The Kier molecular flexibility index (Phi) is 5.87. The third-order valence-electron chi connectivity index (χ3n) is 5.34. The second kappa shape index (κ2) is 8.02. The van der Waals surface area contributed by atoms with Crippen LogP contribution < -0.4 is 10.6 Å². The maximum Gasteiger partial charge on any atom is 0.257 e. The summed E-state index contributed by atoms with van der Waals surface area (Å²) in [7, 11) is 0. The first kappa shape index (κ1) is 20.5. The van der Waals surface area contributed by atoms with E-state index in [1.165, 1.54) is 4.88 Å². The molecule has 0 unspecified atom stereocenters. The van der Waals surface area contributed by atoms with Crippen molar-refractivity contribution in [1.29, 1.82) is 5.26 Å². The van der Waals surface area contributed by atoms with Gasteiger partial charge in [0.05, 0.1) is 5.56 Å². The SMILES string of the molecule is Cc1cccc(C(=O)NC(=S)Nc2sc3c(c2C#N)CC[C@@H](C(C)(C)C)C3)c1. The van der Waals surface area contributed by atoms with E-state index in [4.69, 9.17) is 12.2 Å². The number of carbonyl (C=O) groups is 1. The van der Waals surface area contributed by atoms with Crippen molar-refractivity contribution in [2.75, 3.05) is 5.32 Å². The third kappa shape index (κ3) is 4.43. The summed E-state index contributed by atoms with van der Waals surface area (Å²) in [6.07, 6.45) is 3.00. The fourth-order valence-electron chi connectivity index (χ4n) is 3.63. The Labute approximate surface area is 176 Å². The van der Waals surface area contributed by atoms with E-state index in [0.29, 0.717) is 17.0 Å². The number of aryl methyl sites for hydroxylation is 1. The quantitative estimate of drug-likeness (QED) is 0.666. The highest BCUT2D eigenvalue weighted by Gasteiger charge is 2.32. The van der Waals surface area contributed by atoms with Crippen LogP contribution in [0.3, 0.4) is 0 Å². The first-order chi connectivity index (χ1) is 13.2. The van der Waals surface area contributed by atoms with Crippen LogP contribution in [0, 0.1) is 29.6 Å². The molecule has 0 radical (unpaired) electrons. The lowest BCUT2D eigenvalue weighted by Gasteiger charge is -2.33. The molecule has 1 aromatic heterocycles. The largest absolute Gasteiger partial charge is 0.323 e. The topological polar surface area (TPSA) is 64.9 Å². The molecule has 146 valence electrons. The van der Waals surface area contributed by atoms with Gasteiger partial charge >= 0.3 is 0 Å². The predicted octanol–water partition coefficient (Wildman–Crippen LogP) is 5.21. The number of rotatable bonds is 2. The van der Waals surface area contributed by atoms with Crippen LogP contribution in [0.4, 0.5) is 5.00 Å². The van der Waals surface area contributed by atoms with Crippen LogP contribution in [-0.4, -0.2) is 11.0 Å². The standard InChI is InChI=1S/C22H25N3OS2/c1-13-6-5-7-14(10-13)19(26)24-21(27)25-20-17(12-23)16-9-8-15(22(2,3)4)11-18(16)28-20/h5-7,10,15H,8-9,11H2,1-4H3,(H2,24,25,26,27)/t15-/m1/s1. The molecule has 2 N–H and O–H groups in total. The fourth-order valence-corrected chi connectivity index (χ4v) is 5.17. The molecule has 1 aliphatic rings. The predicted molar refractivity (Wildman–Crippen MR) is 119 cm³/mol. The molecular weight excluding hydrogens is 386 g/mol. The van der Waals surface area contributed by atoms with Gasteiger partial charge in [-0.2, -0.15) is 5.26 Å². The van der Waals surface area contributed by atoms with Crippen LogP contribution in [0.15, 0.2) is 24.3 Å². The summed E-state index contributed by atoms with van der Waals surface area (Å²) in [5, 5.41) is 16.4. The van der Waals surface area contributed by atoms with Crippen molar-refractivity contribution >= 4 is 39.6 Å². The zero-order chi connectivity index (χ0) is 20.5. The van der Waals surface area contributed by atoms with Crippen LogP contribution in [0.1, 0.15) is 59.1 Å². The lowest BCUT2D eigenvalue weighted by atomic mass is 9.72. The van der Waals surface area contributed by atoms with E-state index in [9.17, 15) is 10.1 Å². The zero-order valence-electron chi connectivity index (χ0n) is 16.7. The number of fused-ring (bicyclic) bond motifs is 1. The molecule has 2 aromatic rings. The van der Waals surface area contributed by atoms with Crippen LogP contribution in [0.5, 0.6) is 0 Å². The summed E-state index contributed by atoms with van der Waals surface area (Å²) in [4.78, 5) is 13.7. The number of amides is 1. The number of benzene rings is 1. The van der Waals surface area contributed by atoms with E-state index < -0.39 is 0 Å². The van der Waals surface area contributed by atoms with Crippen LogP contribution >= 0.6 is 23.6 Å². The van der Waals surface area contributed by atoms with Crippen molar-refractivity contribution in [3.8, 4) is 6.07 Å². The Morgan fingerprint density at radius 1 is 1.36 bits per heavy atom. The van der Waals surface area contributed by atoms with E-state index >= 15 is 0 Å². The molecule has 0 aliphatic heterocycles. The van der Waals surface area contributed by atoms with Crippen molar-refractivity contribution in [2.45, 2.75) is 47.0 Å². The Bertz CT molecular complexity index is 963. The number of thiocarbonyl (C=S) groups is 1. The summed E-state index contributed by atoms with van der Waals surface area (Å²) in [6, 6.07) is 9.68. The number of nitriles is 1. The molecule has 1 aromatic carbocycles. The second-order valence-corrected chi connectivity index (χ2v) is 9.92. The monoisotopic (exact) mass is 411 g/mol. The number of hydrogen-bond donors (Lipinski definition) is 2. The molecule has 6 heteroatoms. The van der Waals surface area contributed by atoms with Gasteiger partial charge in [0.2, 0.25) is 0 Å². The van der Waals surface area contributed by atoms with Gasteiger partial charge in [-0.15, -0.1) is 11.3 Å². The van der Waals surface area contributed by atoms with Gasteiger partial charge in [-0.25, -0.2) is 0 Å². The fraction of sp³-hybridized carbons (Fsp3) is 0.409. The van der Waals surface area contributed by atoms with Crippen LogP contribution in [-0.2, 0) is 12.8 Å². The van der Waals surface area contributed by atoms with Crippen molar-refractivity contribution in [1.82, 2.24) is 5.32 Å². The zero-order valence-corrected chi connectivity index (χ0v) is 18.3. The van der Waals surface area contributed by atoms with E-state index in [0.717, 1.165) is 35.4 Å². The lowest BCUT2D eigenvalue weighted by Crippen LogP contribution is -2.34. The molecule has 28 heavy (non-hydrogen) atoms. The Balaban J connectivity index is 1.74. The van der Waals surface area contributed by atoms with E-state index in [1.54, 1.807) is 17.4 Å². The summed E-state index contributed by atoms with van der Waals surface area (Å²) in [5.74, 6) is 0.347. The molecule has 0 spiro atoms. The third-order valence-corrected chi connectivity index (χ3v) is 6.71. The highest BCUT2D eigenvalue weighted by Crippen LogP contribution is 2.43. The average Bonchev–Trinajstić information content (AvgIpc) is 2.96. The molecule has 1 aliphatic carbocycles.